The highest BCUT2D eigenvalue weighted by atomic mass is 35.5. The standard InChI is InChI=1S/C14H11ClN4O4S2/c15-9-3-1-2-4-12(9)25(22,23)19-14(21)18-13-16-5-8-10(17-13)6-24-7-11(8)20/h1-5H,6-7H2,(H2,16,17,18,19,21). The van der Waals surface area contributed by atoms with Crippen LogP contribution in [0.25, 0.3) is 0 Å². The lowest BCUT2D eigenvalue weighted by Gasteiger charge is -2.14. The number of urea groups is 1. The Balaban J connectivity index is 1.75. The SMILES string of the molecule is O=C(Nc1ncc2c(n1)CSCC2=O)NS(=O)(=O)c1ccccc1Cl. The summed E-state index contributed by atoms with van der Waals surface area (Å²) in [4.78, 5) is 31.4. The van der Waals surface area contributed by atoms with Crippen molar-refractivity contribution < 1.29 is 18.0 Å². The van der Waals surface area contributed by atoms with E-state index in [2.05, 4.69) is 15.3 Å². The molecule has 2 aromatic rings. The number of ketones is 1. The van der Waals surface area contributed by atoms with Crippen molar-refractivity contribution in [3.8, 4) is 0 Å². The van der Waals surface area contributed by atoms with Crippen LogP contribution in [0.15, 0.2) is 35.4 Å². The van der Waals surface area contributed by atoms with Gasteiger partial charge in [0.25, 0.3) is 10.0 Å². The van der Waals surface area contributed by atoms with Crippen molar-refractivity contribution in [1.82, 2.24) is 14.7 Å². The van der Waals surface area contributed by atoms with Crippen LogP contribution in [-0.4, -0.2) is 36.0 Å². The van der Waals surface area contributed by atoms with Gasteiger partial charge in [0, 0.05) is 11.9 Å². The number of hydrogen-bond donors (Lipinski definition) is 2. The van der Waals surface area contributed by atoms with E-state index in [1.807, 2.05) is 4.72 Å². The molecule has 0 bridgehead atoms. The van der Waals surface area contributed by atoms with Crippen LogP contribution >= 0.6 is 23.4 Å². The van der Waals surface area contributed by atoms with Crippen molar-refractivity contribution >= 4 is 51.1 Å². The van der Waals surface area contributed by atoms with Crippen LogP contribution in [-0.2, 0) is 15.8 Å². The molecule has 2 amide bonds. The number of nitrogens with zero attached hydrogens (tertiary/aromatic N) is 2. The molecule has 1 aliphatic heterocycles. The molecule has 25 heavy (non-hydrogen) atoms. The van der Waals surface area contributed by atoms with Crippen molar-refractivity contribution in [2.45, 2.75) is 10.6 Å². The number of benzene rings is 1. The van der Waals surface area contributed by atoms with Gasteiger partial charge < -0.3 is 0 Å². The summed E-state index contributed by atoms with van der Waals surface area (Å²) < 4.78 is 26.2. The Morgan fingerprint density at radius 1 is 1.24 bits per heavy atom. The highest BCUT2D eigenvalue weighted by molar-refractivity contribution is 7.99. The van der Waals surface area contributed by atoms with Crippen LogP contribution < -0.4 is 10.0 Å². The lowest BCUT2D eigenvalue weighted by Crippen LogP contribution is -2.35. The second kappa shape index (κ2) is 6.98. The van der Waals surface area contributed by atoms with Gasteiger partial charge in [-0.1, -0.05) is 23.7 Å². The van der Waals surface area contributed by atoms with Gasteiger partial charge in [0.05, 0.1) is 22.0 Å². The predicted octanol–water partition coefficient (Wildman–Crippen LogP) is 2.07. The number of sulfonamides is 1. The third-order valence-electron chi connectivity index (χ3n) is 3.22. The average Bonchev–Trinajstić information content (AvgIpc) is 2.54. The first kappa shape index (κ1) is 17.6. The topological polar surface area (TPSA) is 118 Å². The lowest BCUT2D eigenvalue weighted by atomic mass is 10.2. The third-order valence-corrected chi connectivity index (χ3v) is 5.99. The van der Waals surface area contributed by atoms with Gasteiger partial charge in [-0.05, 0) is 12.1 Å². The Morgan fingerprint density at radius 3 is 2.76 bits per heavy atom. The van der Waals surface area contributed by atoms with E-state index in [1.54, 1.807) is 6.07 Å². The van der Waals surface area contributed by atoms with E-state index in [0.29, 0.717) is 22.8 Å². The summed E-state index contributed by atoms with van der Waals surface area (Å²) in [5.74, 6) is 0.696. The summed E-state index contributed by atoms with van der Waals surface area (Å²) in [5, 5.41) is 2.23. The zero-order valence-corrected chi connectivity index (χ0v) is 14.9. The van der Waals surface area contributed by atoms with E-state index in [9.17, 15) is 18.0 Å². The molecule has 0 atom stereocenters. The Kier molecular flexibility index (Phi) is 4.93. The maximum Gasteiger partial charge on any atom is 0.335 e. The van der Waals surface area contributed by atoms with E-state index in [4.69, 9.17) is 11.6 Å². The molecule has 1 aromatic heterocycles. The first-order valence-electron chi connectivity index (χ1n) is 6.92. The summed E-state index contributed by atoms with van der Waals surface area (Å²) in [6.07, 6.45) is 1.32. The van der Waals surface area contributed by atoms with Crippen LogP contribution in [0.5, 0.6) is 0 Å². The van der Waals surface area contributed by atoms with Crippen molar-refractivity contribution in [2.75, 3.05) is 11.1 Å². The molecule has 0 fully saturated rings. The number of Topliss-reactive ketones (excluding diaryl/α,β-unsaturated/α-hetero) is 1. The molecule has 130 valence electrons. The molecule has 0 radical (unpaired) electrons. The fraction of sp³-hybridized carbons (Fsp3) is 0.143. The van der Waals surface area contributed by atoms with E-state index in [0.717, 1.165) is 0 Å². The number of nitrogens with one attached hydrogen (secondary N) is 2. The van der Waals surface area contributed by atoms with E-state index in [1.165, 1.54) is 36.2 Å². The van der Waals surface area contributed by atoms with Gasteiger partial charge in [-0.25, -0.2) is 27.9 Å². The molecule has 11 heteroatoms. The Morgan fingerprint density at radius 2 is 2.00 bits per heavy atom. The molecular formula is C14H11ClN4O4S2. The number of hydrogen-bond acceptors (Lipinski definition) is 7. The second-order valence-corrected chi connectivity index (χ2v) is 8.00. The van der Waals surface area contributed by atoms with Crippen molar-refractivity contribution in [1.29, 1.82) is 0 Å². The first-order chi connectivity index (χ1) is 11.9. The molecule has 0 saturated carbocycles. The van der Waals surface area contributed by atoms with Crippen LogP contribution in [0.1, 0.15) is 16.1 Å². The molecule has 0 spiro atoms. The fourth-order valence-electron chi connectivity index (χ4n) is 2.11. The second-order valence-electron chi connectivity index (χ2n) is 4.96. The minimum absolute atomic E-state index is 0.0108. The Bertz CT molecular complexity index is 965. The van der Waals surface area contributed by atoms with E-state index >= 15 is 0 Å². The summed E-state index contributed by atoms with van der Waals surface area (Å²) in [7, 11) is -4.14. The monoisotopic (exact) mass is 398 g/mol. The highest BCUT2D eigenvalue weighted by Crippen LogP contribution is 2.23. The average molecular weight is 399 g/mol. The molecular weight excluding hydrogens is 388 g/mol. The van der Waals surface area contributed by atoms with Gasteiger partial charge in [0.1, 0.15) is 4.90 Å². The molecule has 3 rings (SSSR count). The van der Waals surface area contributed by atoms with E-state index in [-0.39, 0.29) is 21.6 Å². The number of halogens is 1. The van der Waals surface area contributed by atoms with Gasteiger partial charge in [0.2, 0.25) is 5.95 Å². The number of anilines is 1. The summed E-state index contributed by atoms with van der Waals surface area (Å²) >= 11 is 7.24. The van der Waals surface area contributed by atoms with Crippen molar-refractivity contribution in [2.24, 2.45) is 0 Å². The Labute approximate surface area is 152 Å². The molecule has 2 heterocycles. The third kappa shape index (κ3) is 3.91. The van der Waals surface area contributed by atoms with Gasteiger partial charge in [-0.3, -0.25) is 10.1 Å². The molecule has 2 N–H and O–H groups in total. The van der Waals surface area contributed by atoms with Crippen LogP contribution in [0.3, 0.4) is 0 Å². The number of thioether (sulfide) groups is 1. The Hall–Kier alpha value is -2.17. The summed E-state index contributed by atoms with van der Waals surface area (Å²) in [5.41, 5.74) is 0.911. The quantitative estimate of drug-likeness (QED) is 0.812. The van der Waals surface area contributed by atoms with Gasteiger partial charge in [-0.15, -0.1) is 11.8 Å². The maximum atomic E-state index is 12.2. The highest BCUT2D eigenvalue weighted by Gasteiger charge is 2.23. The number of carbonyl (C=O) groups excluding carboxylic acids is 2. The maximum absolute atomic E-state index is 12.2. The molecule has 1 aliphatic rings. The molecule has 1 aromatic carbocycles. The minimum Gasteiger partial charge on any atom is -0.293 e. The van der Waals surface area contributed by atoms with E-state index < -0.39 is 16.1 Å². The van der Waals surface area contributed by atoms with Crippen LogP contribution in [0, 0.1) is 0 Å². The largest absolute Gasteiger partial charge is 0.335 e. The van der Waals surface area contributed by atoms with Crippen LogP contribution in [0.2, 0.25) is 5.02 Å². The molecule has 0 unspecified atom stereocenters. The minimum atomic E-state index is -4.14. The molecule has 8 nitrogen and oxygen atoms in total. The van der Waals surface area contributed by atoms with Crippen molar-refractivity contribution in [3.05, 3.63) is 46.7 Å². The van der Waals surface area contributed by atoms with Gasteiger partial charge in [0.15, 0.2) is 5.78 Å². The normalized spacial score (nSPS) is 13.9. The summed E-state index contributed by atoms with van der Waals surface area (Å²) in [6, 6.07) is 4.70. The smallest absolute Gasteiger partial charge is 0.293 e. The number of fused-ring (bicyclic) bond motifs is 1. The number of carbonyl (C=O) groups is 2. The number of amides is 2. The van der Waals surface area contributed by atoms with Crippen molar-refractivity contribution in [3.63, 3.8) is 0 Å². The lowest BCUT2D eigenvalue weighted by molar-refractivity contribution is 0.101. The predicted molar refractivity (Wildman–Crippen MR) is 93.3 cm³/mol. The number of aromatic nitrogens is 2. The molecule has 0 aliphatic carbocycles. The zero-order valence-electron chi connectivity index (χ0n) is 12.5. The fourth-order valence-corrected chi connectivity index (χ4v) is 4.39. The van der Waals surface area contributed by atoms with Gasteiger partial charge in [-0.2, -0.15) is 0 Å². The zero-order chi connectivity index (χ0) is 18.0. The summed E-state index contributed by atoms with van der Waals surface area (Å²) in [6.45, 7) is 0. The molecule has 0 saturated heterocycles. The number of rotatable bonds is 3. The van der Waals surface area contributed by atoms with Gasteiger partial charge >= 0.3 is 6.03 Å². The van der Waals surface area contributed by atoms with Crippen LogP contribution in [0.4, 0.5) is 10.7 Å². The first-order valence-corrected chi connectivity index (χ1v) is 9.93.